The Kier molecular flexibility index (Phi) is 8.21. The average Bonchev–Trinajstić information content (AvgIpc) is 2.69. The van der Waals surface area contributed by atoms with Crippen molar-refractivity contribution in [3.63, 3.8) is 0 Å². The predicted molar refractivity (Wildman–Crippen MR) is 103 cm³/mol. The van der Waals surface area contributed by atoms with E-state index in [1.165, 1.54) is 0 Å². The Morgan fingerprint density at radius 2 is 2.04 bits per heavy atom. The fraction of sp³-hybridized carbons (Fsp3) is 0.368. The lowest BCUT2D eigenvalue weighted by Gasteiger charge is -2.13. The molecule has 140 valence electrons. The molecular weight excluding hydrogens is 332 g/mol. The van der Waals surface area contributed by atoms with E-state index in [9.17, 15) is 0 Å². The molecule has 7 heteroatoms. The van der Waals surface area contributed by atoms with Crippen molar-refractivity contribution in [3.8, 4) is 11.6 Å². The third kappa shape index (κ3) is 6.60. The zero-order valence-electron chi connectivity index (χ0n) is 15.5. The zero-order valence-corrected chi connectivity index (χ0v) is 15.5. The summed E-state index contributed by atoms with van der Waals surface area (Å²) in [6.45, 7) is 1.91. The highest BCUT2D eigenvalue weighted by atomic mass is 16.5. The van der Waals surface area contributed by atoms with Crippen LogP contribution in [-0.4, -0.2) is 45.4 Å². The number of pyridine rings is 1. The number of aliphatic imine (C=N–C) groups is 1. The Morgan fingerprint density at radius 3 is 2.73 bits per heavy atom. The van der Waals surface area contributed by atoms with E-state index in [1.54, 1.807) is 27.5 Å². The number of hydrogen-bond acceptors (Lipinski definition) is 5. The lowest BCUT2D eigenvalue weighted by Crippen LogP contribution is -2.30. The van der Waals surface area contributed by atoms with Crippen LogP contribution in [0.3, 0.4) is 0 Å². The van der Waals surface area contributed by atoms with Crippen LogP contribution < -0.4 is 20.1 Å². The second-order valence-electron chi connectivity index (χ2n) is 5.48. The number of guanidine groups is 1. The quantitative estimate of drug-likeness (QED) is 0.408. The Balaban J connectivity index is 1.86. The van der Waals surface area contributed by atoms with Crippen LogP contribution in [0.2, 0.25) is 0 Å². The van der Waals surface area contributed by atoms with E-state index < -0.39 is 0 Å². The van der Waals surface area contributed by atoms with Crippen molar-refractivity contribution in [1.29, 1.82) is 0 Å². The molecule has 7 nitrogen and oxygen atoms in total. The Bertz CT molecular complexity index is 689. The van der Waals surface area contributed by atoms with Crippen molar-refractivity contribution < 1.29 is 14.2 Å². The number of methoxy groups -OCH3 is 2. The van der Waals surface area contributed by atoms with E-state index in [0.717, 1.165) is 23.4 Å². The van der Waals surface area contributed by atoms with Gasteiger partial charge in [0.05, 0.1) is 13.7 Å². The summed E-state index contributed by atoms with van der Waals surface area (Å²) in [7, 11) is 5.01. The van der Waals surface area contributed by atoms with Crippen LogP contribution >= 0.6 is 0 Å². The maximum absolute atomic E-state index is 5.71. The van der Waals surface area contributed by atoms with Crippen LogP contribution in [-0.2, 0) is 11.3 Å². The Morgan fingerprint density at radius 1 is 1.15 bits per heavy atom. The molecule has 26 heavy (non-hydrogen) atoms. The van der Waals surface area contributed by atoms with Crippen molar-refractivity contribution in [3.05, 3.63) is 48.2 Å². The van der Waals surface area contributed by atoms with Crippen LogP contribution in [0.1, 0.15) is 12.0 Å². The molecule has 2 aromatic rings. The smallest absolute Gasteiger partial charge is 0.212 e. The van der Waals surface area contributed by atoms with E-state index in [4.69, 9.17) is 14.2 Å². The van der Waals surface area contributed by atoms with E-state index in [-0.39, 0.29) is 0 Å². The second kappa shape index (κ2) is 10.9. The zero-order chi connectivity index (χ0) is 18.6. The van der Waals surface area contributed by atoms with Crippen LogP contribution in [0.5, 0.6) is 11.6 Å². The summed E-state index contributed by atoms with van der Waals surface area (Å²) in [5.74, 6) is 2.07. The van der Waals surface area contributed by atoms with Gasteiger partial charge in [0.25, 0.3) is 0 Å². The molecule has 0 amide bonds. The highest BCUT2D eigenvalue weighted by Crippen LogP contribution is 2.17. The molecule has 1 heterocycles. The Hall–Kier alpha value is -2.80. The number of aromatic nitrogens is 1. The molecule has 2 N–H and O–H groups in total. The molecule has 0 fully saturated rings. The van der Waals surface area contributed by atoms with Crippen molar-refractivity contribution in [1.82, 2.24) is 10.3 Å². The monoisotopic (exact) mass is 358 g/mol. The van der Waals surface area contributed by atoms with Crippen LogP contribution in [0.15, 0.2) is 47.6 Å². The van der Waals surface area contributed by atoms with Gasteiger partial charge in [-0.3, -0.25) is 4.99 Å². The van der Waals surface area contributed by atoms with E-state index in [0.29, 0.717) is 31.6 Å². The molecule has 0 aliphatic heterocycles. The van der Waals surface area contributed by atoms with Gasteiger partial charge >= 0.3 is 0 Å². The highest BCUT2D eigenvalue weighted by molar-refractivity contribution is 5.93. The van der Waals surface area contributed by atoms with E-state index in [2.05, 4.69) is 20.6 Å². The summed E-state index contributed by atoms with van der Waals surface area (Å²) < 4.78 is 15.8. The number of hydrogen-bond donors (Lipinski definition) is 2. The lowest BCUT2D eigenvalue weighted by molar-refractivity contribution is 0.172. The maximum Gasteiger partial charge on any atom is 0.212 e. The first-order chi connectivity index (χ1) is 12.7. The molecule has 0 aliphatic rings. The average molecular weight is 358 g/mol. The first kappa shape index (κ1) is 19.5. The predicted octanol–water partition coefficient (Wildman–Crippen LogP) is 2.69. The summed E-state index contributed by atoms with van der Waals surface area (Å²) in [5, 5.41) is 6.50. The van der Waals surface area contributed by atoms with Gasteiger partial charge in [0, 0.05) is 57.7 Å². The largest absolute Gasteiger partial charge is 0.493 e. The molecular formula is C19H26N4O3. The third-order valence-electron chi connectivity index (χ3n) is 3.55. The topological polar surface area (TPSA) is 77.0 Å². The molecule has 1 aromatic heterocycles. The summed E-state index contributed by atoms with van der Waals surface area (Å²) in [4.78, 5) is 8.43. The normalized spacial score (nSPS) is 11.1. The lowest BCUT2D eigenvalue weighted by atomic mass is 10.3. The molecule has 2 rings (SSSR count). The molecule has 0 saturated carbocycles. The number of anilines is 1. The number of nitrogens with one attached hydrogen (secondary N) is 2. The first-order valence-electron chi connectivity index (χ1n) is 8.43. The maximum atomic E-state index is 5.71. The second-order valence-corrected chi connectivity index (χ2v) is 5.48. The van der Waals surface area contributed by atoms with Gasteiger partial charge in [0.2, 0.25) is 5.88 Å². The molecule has 0 bridgehead atoms. The molecule has 0 radical (unpaired) electrons. The summed E-state index contributed by atoms with van der Waals surface area (Å²) in [5.41, 5.74) is 1.93. The number of rotatable bonds is 9. The summed E-state index contributed by atoms with van der Waals surface area (Å²) in [6, 6.07) is 11.6. The van der Waals surface area contributed by atoms with E-state index in [1.807, 2.05) is 36.4 Å². The SMILES string of the molecule is CN=C(NCc1ccc(OC)nc1)Nc1cccc(OCCCOC)c1. The highest BCUT2D eigenvalue weighted by Gasteiger charge is 2.02. The summed E-state index contributed by atoms with van der Waals surface area (Å²) >= 11 is 0. The van der Waals surface area contributed by atoms with Gasteiger partial charge in [-0.1, -0.05) is 12.1 Å². The number of benzene rings is 1. The standard InChI is InChI=1S/C19H26N4O3/c1-20-19(22-14-15-8-9-18(25-3)21-13-15)23-16-6-4-7-17(12-16)26-11-5-10-24-2/h4,6-9,12-13H,5,10-11,14H2,1-3H3,(H2,20,22,23). The molecule has 0 saturated heterocycles. The van der Waals surface area contributed by atoms with Crippen molar-refractivity contribution in [2.24, 2.45) is 4.99 Å². The van der Waals surface area contributed by atoms with Gasteiger partial charge < -0.3 is 24.8 Å². The minimum absolute atomic E-state index is 0.596. The molecule has 1 aromatic carbocycles. The van der Waals surface area contributed by atoms with Gasteiger partial charge in [-0.2, -0.15) is 0 Å². The van der Waals surface area contributed by atoms with Crippen molar-refractivity contribution in [2.75, 3.05) is 39.8 Å². The summed E-state index contributed by atoms with van der Waals surface area (Å²) in [6.07, 6.45) is 2.63. The number of ether oxygens (including phenoxy) is 3. The van der Waals surface area contributed by atoms with Gasteiger partial charge in [-0.15, -0.1) is 0 Å². The van der Waals surface area contributed by atoms with Crippen LogP contribution in [0, 0.1) is 0 Å². The van der Waals surface area contributed by atoms with Gasteiger partial charge in [-0.25, -0.2) is 4.98 Å². The minimum Gasteiger partial charge on any atom is -0.493 e. The van der Waals surface area contributed by atoms with Gasteiger partial charge in [-0.05, 0) is 17.7 Å². The van der Waals surface area contributed by atoms with Crippen molar-refractivity contribution >= 4 is 11.6 Å². The first-order valence-corrected chi connectivity index (χ1v) is 8.43. The third-order valence-corrected chi connectivity index (χ3v) is 3.55. The fourth-order valence-electron chi connectivity index (χ4n) is 2.19. The fourth-order valence-corrected chi connectivity index (χ4v) is 2.19. The van der Waals surface area contributed by atoms with Crippen LogP contribution in [0.25, 0.3) is 0 Å². The number of nitrogens with zero attached hydrogens (tertiary/aromatic N) is 2. The molecule has 0 spiro atoms. The van der Waals surface area contributed by atoms with Crippen LogP contribution in [0.4, 0.5) is 5.69 Å². The van der Waals surface area contributed by atoms with E-state index >= 15 is 0 Å². The Labute approximate surface area is 154 Å². The molecule has 0 aliphatic carbocycles. The van der Waals surface area contributed by atoms with Crippen molar-refractivity contribution in [2.45, 2.75) is 13.0 Å². The van der Waals surface area contributed by atoms with Gasteiger partial charge in [0.15, 0.2) is 5.96 Å². The molecule has 0 unspecified atom stereocenters. The minimum atomic E-state index is 0.596. The van der Waals surface area contributed by atoms with Gasteiger partial charge in [0.1, 0.15) is 5.75 Å². The molecule has 0 atom stereocenters.